The summed E-state index contributed by atoms with van der Waals surface area (Å²) >= 11 is 5.63. The normalized spacial score (nSPS) is 11.3. The van der Waals surface area contributed by atoms with Crippen LogP contribution in [0.5, 0.6) is 5.75 Å². The number of halogens is 1. The molecule has 0 aliphatic heterocycles. The number of rotatable bonds is 3. The molecule has 0 fully saturated rings. The number of aliphatic carboxylic acids is 1. The van der Waals surface area contributed by atoms with Crippen molar-refractivity contribution in [1.82, 2.24) is 0 Å². The summed E-state index contributed by atoms with van der Waals surface area (Å²) in [7, 11) is 0. The molecule has 0 aromatic heterocycles. The van der Waals surface area contributed by atoms with Gasteiger partial charge in [0.1, 0.15) is 11.9 Å². The molecule has 1 rings (SSSR count). The number of hydrogen-bond donors (Lipinski definition) is 0. The third-order valence-corrected chi connectivity index (χ3v) is 1.71. The molecule has 1 aromatic carbocycles. The molecule has 0 saturated heterocycles. The van der Waals surface area contributed by atoms with E-state index in [1.54, 1.807) is 24.3 Å². The average molecular weight is 239 g/mol. The minimum absolute atomic E-state index is 0. The van der Waals surface area contributed by atoms with E-state index in [9.17, 15) is 9.90 Å². The zero-order valence-corrected chi connectivity index (χ0v) is 11.9. The third kappa shape index (κ3) is 4.77. The van der Waals surface area contributed by atoms with Crippen LogP contribution in [0.4, 0.5) is 0 Å². The molecule has 70 valence electrons. The SMILES string of the molecule is CC(Oc1ccc(Cl)cc1)C(=O)[O-].[K+]. The van der Waals surface area contributed by atoms with Gasteiger partial charge in [-0.15, -0.1) is 0 Å². The van der Waals surface area contributed by atoms with E-state index in [1.165, 1.54) is 6.92 Å². The fraction of sp³-hybridized carbons (Fsp3) is 0.222. The van der Waals surface area contributed by atoms with E-state index in [1.807, 2.05) is 0 Å². The van der Waals surface area contributed by atoms with Crippen LogP contribution < -0.4 is 61.2 Å². The van der Waals surface area contributed by atoms with E-state index in [-0.39, 0.29) is 51.4 Å². The second kappa shape index (κ2) is 6.82. The number of carboxylic acid groups (broad SMARTS) is 1. The molecule has 1 atom stereocenters. The molecule has 5 heteroatoms. The van der Waals surface area contributed by atoms with E-state index in [0.29, 0.717) is 10.8 Å². The number of ether oxygens (including phenoxy) is 1. The Bertz CT molecular complexity index is 299. The Labute approximate surface area is 130 Å². The molecule has 3 nitrogen and oxygen atoms in total. The van der Waals surface area contributed by atoms with Crippen LogP contribution in [0.15, 0.2) is 24.3 Å². The van der Waals surface area contributed by atoms with E-state index >= 15 is 0 Å². The summed E-state index contributed by atoms with van der Waals surface area (Å²) in [5.41, 5.74) is 0. The Balaban J connectivity index is 0.00000169. The first-order chi connectivity index (χ1) is 6.09. The number of hydrogen-bond acceptors (Lipinski definition) is 3. The Kier molecular flexibility index (Phi) is 7.02. The second-order valence-electron chi connectivity index (χ2n) is 2.53. The molecular weight excluding hydrogens is 231 g/mol. The maximum absolute atomic E-state index is 10.3. The van der Waals surface area contributed by atoms with Gasteiger partial charge in [0.25, 0.3) is 0 Å². The minimum atomic E-state index is -1.24. The molecule has 0 amide bonds. The van der Waals surface area contributed by atoms with Gasteiger partial charge >= 0.3 is 51.4 Å². The molecule has 0 bridgehead atoms. The maximum atomic E-state index is 10.3. The molecule has 0 N–H and O–H groups in total. The monoisotopic (exact) mass is 238 g/mol. The van der Waals surface area contributed by atoms with Crippen molar-refractivity contribution in [2.24, 2.45) is 0 Å². The van der Waals surface area contributed by atoms with Crippen LogP contribution >= 0.6 is 11.6 Å². The Hall–Kier alpha value is 0.416. The summed E-state index contributed by atoms with van der Waals surface area (Å²) in [4.78, 5) is 10.3. The molecule has 1 unspecified atom stereocenters. The topological polar surface area (TPSA) is 49.4 Å². The largest absolute Gasteiger partial charge is 1.00 e. The molecule has 1 aromatic rings. The van der Waals surface area contributed by atoms with Crippen molar-refractivity contribution < 1.29 is 66.0 Å². The summed E-state index contributed by atoms with van der Waals surface area (Å²) in [5, 5.41) is 10.9. The zero-order valence-electron chi connectivity index (χ0n) is 7.99. The van der Waals surface area contributed by atoms with Crippen LogP contribution in [0.1, 0.15) is 6.92 Å². The van der Waals surface area contributed by atoms with Crippen molar-refractivity contribution in [2.75, 3.05) is 0 Å². The van der Waals surface area contributed by atoms with Gasteiger partial charge < -0.3 is 14.6 Å². The minimum Gasteiger partial charge on any atom is -0.546 e. The number of carbonyl (C=O) groups excluding carboxylic acids is 1. The third-order valence-electron chi connectivity index (χ3n) is 1.46. The first kappa shape index (κ1) is 14.4. The Morgan fingerprint density at radius 3 is 2.36 bits per heavy atom. The van der Waals surface area contributed by atoms with Crippen LogP contribution in [0.25, 0.3) is 0 Å². The van der Waals surface area contributed by atoms with Crippen molar-refractivity contribution >= 4 is 17.6 Å². The van der Waals surface area contributed by atoms with Crippen molar-refractivity contribution in [1.29, 1.82) is 0 Å². The van der Waals surface area contributed by atoms with Gasteiger partial charge in [-0.05, 0) is 31.2 Å². The number of carboxylic acids is 1. The van der Waals surface area contributed by atoms with E-state index < -0.39 is 12.1 Å². The van der Waals surface area contributed by atoms with Crippen LogP contribution in [-0.4, -0.2) is 12.1 Å². The molecular formula is C9H8ClKO3. The first-order valence-corrected chi connectivity index (χ1v) is 4.10. The molecule has 0 spiro atoms. The van der Waals surface area contributed by atoms with Crippen LogP contribution in [0, 0.1) is 0 Å². The van der Waals surface area contributed by atoms with Gasteiger partial charge in [0, 0.05) is 5.02 Å². The van der Waals surface area contributed by atoms with Gasteiger partial charge in [0.15, 0.2) is 0 Å². The molecule has 0 aliphatic carbocycles. The number of benzene rings is 1. The predicted octanol–water partition coefficient (Wildman–Crippen LogP) is -2.14. The van der Waals surface area contributed by atoms with E-state index in [2.05, 4.69) is 0 Å². The zero-order chi connectivity index (χ0) is 9.84. The fourth-order valence-electron chi connectivity index (χ4n) is 0.765. The summed E-state index contributed by atoms with van der Waals surface area (Å²) in [6, 6.07) is 6.45. The van der Waals surface area contributed by atoms with E-state index in [4.69, 9.17) is 16.3 Å². The van der Waals surface area contributed by atoms with Crippen LogP contribution in [0.3, 0.4) is 0 Å². The Morgan fingerprint density at radius 2 is 1.93 bits per heavy atom. The van der Waals surface area contributed by atoms with Crippen molar-refractivity contribution in [3.8, 4) is 5.75 Å². The van der Waals surface area contributed by atoms with Crippen molar-refractivity contribution in [3.63, 3.8) is 0 Å². The standard InChI is InChI=1S/C9H9ClO3.K/c1-6(9(11)12)13-8-4-2-7(10)3-5-8;/h2-6H,1H3,(H,11,12);/q;+1/p-1. The fourth-order valence-corrected chi connectivity index (χ4v) is 0.891. The van der Waals surface area contributed by atoms with Gasteiger partial charge in [0.2, 0.25) is 0 Å². The molecule has 0 radical (unpaired) electrons. The van der Waals surface area contributed by atoms with Crippen LogP contribution in [0.2, 0.25) is 5.02 Å². The van der Waals surface area contributed by atoms with Gasteiger partial charge in [-0.3, -0.25) is 0 Å². The smallest absolute Gasteiger partial charge is 0.546 e. The second-order valence-corrected chi connectivity index (χ2v) is 2.97. The van der Waals surface area contributed by atoms with Gasteiger partial charge in [-0.25, -0.2) is 0 Å². The average Bonchev–Trinajstić information content (AvgIpc) is 2.08. The van der Waals surface area contributed by atoms with Crippen LogP contribution in [-0.2, 0) is 4.79 Å². The first-order valence-electron chi connectivity index (χ1n) is 3.72. The van der Waals surface area contributed by atoms with Gasteiger partial charge in [-0.2, -0.15) is 0 Å². The van der Waals surface area contributed by atoms with Gasteiger partial charge in [-0.1, -0.05) is 11.6 Å². The Morgan fingerprint density at radius 1 is 1.43 bits per heavy atom. The molecule has 0 saturated carbocycles. The summed E-state index contributed by atoms with van der Waals surface area (Å²) in [5.74, 6) is -0.781. The maximum Gasteiger partial charge on any atom is 1.00 e. The summed E-state index contributed by atoms with van der Waals surface area (Å²) in [6.07, 6.45) is -0.957. The van der Waals surface area contributed by atoms with Crippen molar-refractivity contribution in [2.45, 2.75) is 13.0 Å². The predicted molar refractivity (Wildman–Crippen MR) is 46.5 cm³/mol. The number of carbonyl (C=O) groups is 1. The molecule has 0 heterocycles. The summed E-state index contributed by atoms with van der Waals surface area (Å²) < 4.78 is 5.01. The van der Waals surface area contributed by atoms with E-state index in [0.717, 1.165) is 0 Å². The molecule has 0 aliphatic rings. The quantitative estimate of drug-likeness (QED) is 0.565. The molecule has 14 heavy (non-hydrogen) atoms. The van der Waals surface area contributed by atoms with Gasteiger partial charge in [0.05, 0.1) is 5.97 Å². The summed E-state index contributed by atoms with van der Waals surface area (Å²) in [6.45, 7) is 1.41. The van der Waals surface area contributed by atoms with Crippen molar-refractivity contribution in [3.05, 3.63) is 29.3 Å².